The monoisotopic (exact) mass is 288 g/mol. The fourth-order valence-electron chi connectivity index (χ4n) is 1.95. The summed E-state index contributed by atoms with van der Waals surface area (Å²) in [5.74, 6) is -0.0289. The van der Waals surface area contributed by atoms with Crippen LogP contribution in [0.4, 0.5) is 10.1 Å². The Balaban J connectivity index is 1.97. The number of carbonyl (C=O) groups is 1. The van der Waals surface area contributed by atoms with Gasteiger partial charge in [0.15, 0.2) is 6.61 Å². The first kappa shape index (κ1) is 15.0. The predicted molar refractivity (Wildman–Crippen MR) is 79.6 cm³/mol. The molecule has 110 valence electrons. The summed E-state index contributed by atoms with van der Waals surface area (Å²) in [6.45, 7) is 2.11. The van der Waals surface area contributed by atoms with Crippen molar-refractivity contribution >= 4 is 11.6 Å². The van der Waals surface area contributed by atoms with Gasteiger partial charge in [-0.1, -0.05) is 18.2 Å². The zero-order valence-electron chi connectivity index (χ0n) is 11.7. The zero-order chi connectivity index (χ0) is 15.2. The second kappa shape index (κ2) is 6.85. The first-order valence-corrected chi connectivity index (χ1v) is 6.57. The molecule has 2 rings (SSSR count). The highest BCUT2D eigenvalue weighted by Crippen LogP contribution is 2.22. The van der Waals surface area contributed by atoms with Crippen molar-refractivity contribution in [3.05, 3.63) is 59.4 Å². The van der Waals surface area contributed by atoms with E-state index in [-0.39, 0.29) is 18.3 Å². The van der Waals surface area contributed by atoms with Gasteiger partial charge in [-0.3, -0.25) is 4.79 Å². The molecule has 2 aromatic carbocycles. The summed E-state index contributed by atoms with van der Waals surface area (Å²) >= 11 is 0. The van der Waals surface area contributed by atoms with Crippen LogP contribution in [0.2, 0.25) is 0 Å². The molecule has 21 heavy (non-hydrogen) atoms. The molecular weight excluding hydrogens is 271 g/mol. The highest BCUT2D eigenvalue weighted by Gasteiger charge is 2.09. The highest BCUT2D eigenvalue weighted by molar-refractivity contribution is 5.91. The molecule has 0 radical (unpaired) electrons. The van der Waals surface area contributed by atoms with Crippen LogP contribution < -0.4 is 15.8 Å². The molecule has 0 aliphatic carbocycles. The SMILES string of the molecule is Cc1cccc(CN)c1OCC(=O)Nc1ccc(F)cc1. The molecule has 1 amide bonds. The van der Waals surface area contributed by atoms with E-state index in [1.807, 2.05) is 25.1 Å². The average Bonchev–Trinajstić information content (AvgIpc) is 2.48. The molecule has 0 saturated heterocycles. The van der Waals surface area contributed by atoms with Crippen LogP contribution in [0.25, 0.3) is 0 Å². The number of ether oxygens (including phenoxy) is 1. The summed E-state index contributed by atoms with van der Waals surface area (Å²) in [5.41, 5.74) is 7.94. The van der Waals surface area contributed by atoms with Gasteiger partial charge < -0.3 is 15.8 Å². The third-order valence-electron chi connectivity index (χ3n) is 2.99. The number of rotatable bonds is 5. The Morgan fingerprint density at radius 1 is 1.24 bits per heavy atom. The van der Waals surface area contributed by atoms with Gasteiger partial charge in [-0.25, -0.2) is 4.39 Å². The van der Waals surface area contributed by atoms with Crippen molar-refractivity contribution in [2.75, 3.05) is 11.9 Å². The third kappa shape index (κ3) is 4.03. The average molecular weight is 288 g/mol. The summed E-state index contributed by atoms with van der Waals surface area (Å²) in [6.07, 6.45) is 0. The number of hydrogen-bond donors (Lipinski definition) is 2. The molecule has 4 nitrogen and oxygen atoms in total. The quantitative estimate of drug-likeness (QED) is 0.889. The lowest BCUT2D eigenvalue weighted by Crippen LogP contribution is -2.21. The molecule has 2 aromatic rings. The molecule has 0 atom stereocenters. The number of nitrogens with one attached hydrogen (secondary N) is 1. The lowest BCUT2D eigenvalue weighted by atomic mass is 10.1. The normalized spacial score (nSPS) is 10.2. The highest BCUT2D eigenvalue weighted by atomic mass is 19.1. The Hall–Kier alpha value is -2.40. The van der Waals surface area contributed by atoms with Crippen molar-refractivity contribution in [3.63, 3.8) is 0 Å². The Kier molecular flexibility index (Phi) is 4.90. The minimum absolute atomic E-state index is 0.130. The van der Waals surface area contributed by atoms with E-state index in [4.69, 9.17) is 10.5 Å². The van der Waals surface area contributed by atoms with E-state index in [2.05, 4.69) is 5.32 Å². The van der Waals surface area contributed by atoms with Crippen LogP contribution in [0.5, 0.6) is 5.75 Å². The van der Waals surface area contributed by atoms with Crippen molar-refractivity contribution in [2.24, 2.45) is 5.73 Å². The number of halogens is 1. The van der Waals surface area contributed by atoms with Crippen LogP contribution in [0, 0.1) is 12.7 Å². The van der Waals surface area contributed by atoms with E-state index < -0.39 is 0 Å². The molecule has 0 aromatic heterocycles. The largest absolute Gasteiger partial charge is 0.483 e. The van der Waals surface area contributed by atoms with Crippen molar-refractivity contribution < 1.29 is 13.9 Å². The summed E-state index contributed by atoms with van der Waals surface area (Å²) in [4.78, 5) is 11.8. The van der Waals surface area contributed by atoms with Crippen LogP contribution >= 0.6 is 0 Å². The fraction of sp³-hybridized carbons (Fsp3) is 0.188. The number of hydrogen-bond acceptors (Lipinski definition) is 3. The van der Waals surface area contributed by atoms with Crippen molar-refractivity contribution in [1.29, 1.82) is 0 Å². The number of benzene rings is 2. The van der Waals surface area contributed by atoms with Gasteiger partial charge in [0.2, 0.25) is 0 Å². The van der Waals surface area contributed by atoms with Crippen LogP contribution in [0.1, 0.15) is 11.1 Å². The molecular formula is C16H17FN2O2. The smallest absolute Gasteiger partial charge is 0.262 e. The summed E-state index contributed by atoms with van der Waals surface area (Å²) in [6, 6.07) is 11.2. The molecule has 0 saturated carbocycles. The molecule has 0 spiro atoms. The maximum atomic E-state index is 12.8. The van der Waals surface area contributed by atoms with E-state index in [0.717, 1.165) is 11.1 Å². The maximum absolute atomic E-state index is 12.8. The van der Waals surface area contributed by atoms with Gasteiger partial charge >= 0.3 is 0 Å². The van der Waals surface area contributed by atoms with Gasteiger partial charge in [0.25, 0.3) is 5.91 Å². The van der Waals surface area contributed by atoms with Crippen LogP contribution in [-0.2, 0) is 11.3 Å². The Morgan fingerprint density at radius 2 is 1.95 bits per heavy atom. The Bertz CT molecular complexity index is 627. The molecule has 0 bridgehead atoms. The van der Waals surface area contributed by atoms with Crippen LogP contribution in [0.15, 0.2) is 42.5 Å². The number of carbonyl (C=O) groups excluding carboxylic acids is 1. The van der Waals surface area contributed by atoms with Crippen molar-refractivity contribution in [2.45, 2.75) is 13.5 Å². The first-order chi connectivity index (χ1) is 10.1. The third-order valence-corrected chi connectivity index (χ3v) is 2.99. The molecule has 0 heterocycles. The van der Waals surface area contributed by atoms with Crippen LogP contribution in [0.3, 0.4) is 0 Å². The van der Waals surface area contributed by atoms with E-state index >= 15 is 0 Å². The standard InChI is InChI=1S/C16H17FN2O2/c1-11-3-2-4-12(9-18)16(11)21-10-15(20)19-14-7-5-13(17)6-8-14/h2-8H,9-10,18H2,1H3,(H,19,20). The first-order valence-electron chi connectivity index (χ1n) is 6.57. The minimum atomic E-state index is -0.350. The van der Waals surface area contributed by atoms with E-state index in [0.29, 0.717) is 18.0 Å². The number of nitrogens with two attached hydrogens (primary N) is 1. The lowest BCUT2D eigenvalue weighted by molar-refractivity contribution is -0.118. The molecule has 5 heteroatoms. The predicted octanol–water partition coefficient (Wildman–Crippen LogP) is 2.61. The van der Waals surface area contributed by atoms with Gasteiger partial charge in [0.05, 0.1) is 0 Å². The van der Waals surface area contributed by atoms with Gasteiger partial charge in [0.1, 0.15) is 11.6 Å². The van der Waals surface area contributed by atoms with Crippen molar-refractivity contribution in [1.82, 2.24) is 0 Å². The maximum Gasteiger partial charge on any atom is 0.262 e. The second-order valence-corrected chi connectivity index (χ2v) is 4.61. The minimum Gasteiger partial charge on any atom is -0.483 e. The Morgan fingerprint density at radius 3 is 2.62 bits per heavy atom. The number of aryl methyl sites for hydroxylation is 1. The molecule has 0 unspecified atom stereocenters. The van der Waals surface area contributed by atoms with Gasteiger partial charge in [0, 0.05) is 17.8 Å². The summed E-state index contributed by atoms with van der Waals surface area (Å²) in [5, 5.41) is 2.63. The van der Waals surface area contributed by atoms with E-state index in [9.17, 15) is 9.18 Å². The number of para-hydroxylation sites is 1. The molecule has 3 N–H and O–H groups in total. The molecule has 0 fully saturated rings. The summed E-state index contributed by atoms with van der Waals surface area (Å²) in [7, 11) is 0. The van der Waals surface area contributed by atoms with Gasteiger partial charge in [-0.15, -0.1) is 0 Å². The van der Waals surface area contributed by atoms with Gasteiger partial charge in [-0.2, -0.15) is 0 Å². The van der Waals surface area contributed by atoms with E-state index in [1.54, 1.807) is 0 Å². The number of anilines is 1. The second-order valence-electron chi connectivity index (χ2n) is 4.61. The van der Waals surface area contributed by atoms with Crippen molar-refractivity contribution in [3.8, 4) is 5.75 Å². The summed E-state index contributed by atoms with van der Waals surface area (Å²) < 4.78 is 18.3. The zero-order valence-corrected chi connectivity index (χ0v) is 11.7. The molecule has 0 aliphatic rings. The Labute approximate surface area is 122 Å². The lowest BCUT2D eigenvalue weighted by Gasteiger charge is -2.13. The van der Waals surface area contributed by atoms with Gasteiger partial charge in [-0.05, 0) is 36.8 Å². The molecule has 0 aliphatic heterocycles. The topological polar surface area (TPSA) is 64.3 Å². The number of amides is 1. The fourth-order valence-corrected chi connectivity index (χ4v) is 1.95. The van der Waals surface area contributed by atoms with Crippen LogP contribution in [-0.4, -0.2) is 12.5 Å². The van der Waals surface area contributed by atoms with E-state index in [1.165, 1.54) is 24.3 Å².